The molecule has 0 bridgehead atoms. The number of anilines is 1. The highest BCUT2D eigenvalue weighted by Gasteiger charge is 2.30. The van der Waals surface area contributed by atoms with Crippen LogP contribution in [0, 0.1) is 6.92 Å². The number of rotatable bonds is 5. The summed E-state index contributed by atoms with van der Waals surface area (Å²) in [7, 11) is -3.58. The molecule has 0 unspecified atom stereocenters. The fourth-order valence-electron chi connectivity index (χ4n) is 1.90. The molecule has 0 amide bonds. The summed E-state index contributed by atoms with van der Waals surface area (Å²) in [5.74, 6) is 0.299. The van der Waals surface area contributed by atoms with Crippen LogP contribution in [-0.4, -0.2) is 25.7 Å². The van der Waals surface area contributed by atoms with Gasteiger partial charge in [-0.05, 0) is 32.4 Å². The molecule has 0 aromatic heterocycles. The molecule has 1 aromatic rings. The van der Waals surface area contributed by atoms with Crippen LogP contribution in [0.2, 0.25) is 0 Å². The van der Waals surface area contributed by atoms with E-state index in [9.17, 15) is 4.57 Å². The zero-order valence-electron chi connectivity index (χ0n) is 11.9. The van der Waals surface area contributed by atoms with Gasteiger partial charge in [0.2, 0.25) is 5.90 Å². The van der Waals surface area contributed by atoms with Crippen molar-refractivity contribution in [1.82, 2.24) is 0 Å². The Bertz CT molecular complexity index is 549. The first-order chi connectivity index (χ1) is 9.58. The summed E-state index contributed by atoms with van der Waals surface area (Å²) in [6.07, 6.45) is 0. The van der Waals surface area contributed by atoms with Gasteiger partial charge in [0, 0.05) is 0 Å². The van der Waals surface area contributed by atoms with E-state index in [-0.39, 0.29) is 13.2 Å². The van der Waals surface area contributed by atoms with E-state index < -0.39 is 7.82 Å². The summed E-state index contributed by atoms with van der Waals surface area (Å²) in [4.78, 5) is 4.36. The normalized spacial score (nSPS) is 14.2. The number of nitrogens with one attached hydrogen (secondary N) is 1. The van der Waals surface area contributed by atoms with E-state index in [1.165, 1.54) is 0 Å². The maximum atomic E-state index is 12.3. The number of hydrogen-bond acceptors (Lipinski definition) is 6. The number of phosphoric ester groups is 1. The fourth-order valence-corrected chi connectivity index (χ4v) is 3.08. The van der Waals surface area contributed by atoms with Crippen molar-refractivity contribution in [2.75, 3.05) is 25.1 Å². The van der Waals surface area contributed by atoms with Crippen LogP contribution in [0.4, 0.5) is 11.4 Å². The van der Waals surface area contributed by atoms with Crippen LogP contribution in [0.1, 0.15) is 19.4 Å². The fraction of sp³-hybridized carbons (Fsp3) is 0.462. The van der Waals surface area contributed by atoms with Crippen molar-refractivity contribution in [1.29, 1.82) is 0 Å². The first-order valence-corrected chi connectivity index (χ1v) is 8.03. The van der Waals surface area contributed by atoms with E-state index in [2.05, 4.69) is 10.3 Å². The van der Waals surface area contributed by atoms with E-state index in [0.717, 1.165) is 16.9 Å². The number of nitrogens with zero attached hydrogens (tertiary/aromatic N) is 1. The van der Waals surface area contributed by atoms with Gasteiger partial charge >= 0.3 is 7.82 Å². The second kappa shape index (κ2) is 6.39. The van der Waals surface area contributed by atoms with Gasteiger partial charge in [-0.1, -0.05) is 12.1 Å². The molecule has 1 aliphatic heterocycles. The smallest absolute Gasteiger partial charge is 0.388 e. The predicted octanol–water partition coefficient (Wildman–Crippen LogP) is 3.65. The Labute approximate surface area is 118 Å². The molecule has 0 spiro atoms. The molecular formula is C13H19N2O4P. The van der Waals surface area contributed by atoms with Gasteiger partial charge < -0.3 is 9.84 Å². The van der Waals surface area contributed by atoms with Crippen molar-refractivity contribution in [3.05, 3.63) is 23.8 Å². The van der Waals surface area contributed by atoms with Crippen LogP contribution in [-0.2, 0) is 18.1 Å². The Morgan fingerprint density at radius 1 is 1.30 bits per heavy atom. The number of aliphatic imine (C=N–C) groups is 1. The van der Waals surface area contributed by atoms with Crippen molar-refractivity contribution >= 4 is 25.1 Å². The summed E-state index contributed by atoms with van der Waals surface area (Å²) in [5, 5.41) is 3.20. The number of fused-ring (bicyclic) bond motifs is 1. The molecule has 0 aliphatic carbocycles. The first-order valence-electron chi connectivity index (χ1n) is 6.57. The highest BCUT2D eigenvalue weighted by Crippen LogP contribution is 2.50. The quantitative estimate of drug-likeness (QED) is 0.840. The lowest BCUT2D eigenvalue weighted by atomic mass is 10.1. The van der Waals surface area contributed by atoms with Crippen molar-refractivity contribution < 1.29 is 18.1 Å². The number of aryl methyl sites for hydroxylation is 1. The van der Waals surface area contributed by atoms with Crippen molar-refractivity contribution in [3.8, 4) is 0 Å². The maximum Gasteiger partial charge on any atom is 0.531 e. The molecule has 1 N–H and O–H groups in total. The van der Waals surface area contributed by atoms with Gasteiger partial charge in [0.05, 0.1) is 31.1 Å². The van der Waals surface area contributed by atoms with Gasteiger partial charge in [0.25, 0.3) is 0 Å². The van der Waals surface area contributed by atoms with Crippen molar-refractivity contribution in [2.45, 2.75) is 20.8 Å². The third-order valence-corrected chi connectivity index (χ3v) is 4.29. The number of benzene rings is 1. The van der Waals surface area contributed by atoms with Gasteiger partial charge in [0.15, 0.2) is 0 Å². The predicted molar refractivity (Wildman–Crippen MR) is 78.7 cm³/mol. The molecule has 1 aliphatic rings. The molecule has 7 heteroatoms. The summed E-state index contributed by atoms with van der Waals surface area (Å²) >= 11 is 0. The minimum absolute atomic E-state index is 0.244. The second-order valence-electron chi connectivity index (χ2n) is 4.20. The van der Waals surface area contributed by atoms with E-state index in [0.29, 0.717) is 12.4 Å². The number of para-hydroxylation sites is 1. The largest absolute Gasteiger partial charge is 0.531 e. The molecule has 0 atom stereocenters. The zero-order valence-corrected chi connectivity index (χ0v) is 12.8. The third-order valence-electron chi connectivity index (χ3n) is 2.70. The summed E-state index contributed by atoms with van der Waals surface area (Å²) < 4.78 is 27.8. The lowest BCUT2D eigenvalue weighted by molar-refractivity contribution is 0.164. The van der Waals surface area contributed by atoms with E-state index in [1.807, 2.05) is 25.1 Å². The molecular weight excluding hydrogens is 279 g/mol. The summed E-state index contributed by atoms with van der Waals surface area (Å²) in [5.41, 5.74) is 2.82. The molecule has 20 heavy (non-hydrogen) atoms. The Balaban J connectivity index is 2.20. The standard InChI is InChI=1S/C13H19N2O4P/c1-4-17-20(16,18-5-2)19-12-9-14-13-10(3)7-6-8-11(13)15-12/h6-8,14H,4-5,9H2,1-3H3. The first kappa shape index (κ1) is 15.0. The molecule has 0 saturated carbocycles. The second-order valence-corrected chi connectivity index (χ2v) is 5.80. The zero-order chi connectivity index (χ0) is 14.6. The van der Waals surface area contributed by atoms with Crippen LogP contribution in [0.25, 0.3) is 0 Å². The van der Waals surface area contributed by atoms with E-state index in [4.69, 9.17) is 13.6 Å². The van der Waals surface area contributed by atoms with Crippen LogP contribution >= 0.6 is 7.82 Å². The Morgan fingerprint density at radius 2 is 2.00 bits per heavy atom. The van der Waals surface area contributed by atoms with Crippen LogP contribution in [0.15, 0.2) is 23.2 Å². The average Bonchev–Trinajstić information content (AvgIpc) is 2.39. The average molecular weight is 298 g/mol. The van der Waals surface area contributed by atoms with Gasteiger partial charge in [-0.3, -0.25) is 9.05 Å². The van der Waals surface area contributed by atoms with Gasteiger partial charge in [0.1, 0.15) is 0 Å². The topological polar surface area (TPSA) is 69.2 Å². The molecule has 6 nitrogen and oxygen atoms in total. The number of hydrogen-bond donors (Lipinski definition) is 1. The van der Waals surface area contributed by atoms with Gasteiger partial charge in [-0.2, -0.15) is 0 Å². The maximum absolute atomic E-state index is 12.3. The summed E-state index contributed by atoms with van der Waals surface area (Å²) in [6.45, 7) is 6.30. The minimum atomic E-state index is -3.58. The van der Waals surface area contributed by atoms with E-state index >= 15 is 0 Å². The Kier molecular flexibility index (Phi) is 4.81. The highest BCUT2D eigenvalue weighted by atomic mass is 31.2. The van der Waals surface area contributed by atoms with Crippen LogP contribution in [0.5, 0.6) is 0 Å². The lowest BCUT2D eigenvalue weighted by Gasteiger charge is -2.22. The van der Waals surface area contributed by atoms with Crippen LogP contribution < -0.4 is 5.32 Å². The molecule has 0 radical (unpaired) electrons. The Morgan fingerprint density at radius 3 is 2.65 bits per heavy atom. The molecule has 2 rings (SSSR count). The lowest BCUT2D eigenvalue weighted by Crippen LogP contribution is -2.21. The Hall–Kier alpha value is -1.36. The minimum Gasteiger partial charge on any atom is -0.388 e. The highest BCUT2D eigenvalue weighted by molar-refractivity contribution is 7.49. The summed E-state index contributed by atoms with van der Waals surface area (Å²) in [6, 6.07) is 5.77. The van der Waals surface area contributed by atoms with Crippen LogP contribution in [0.3, 0.4) is 0 Å². The number of phosphoric acid groups is 1. The van der Waals surface area contributed by atoms with Crippen molar-refractivity contribution in [3.63, 3.8) is 0 Å². The van der Waals surface area contributed by atoms with Crippen molar-refractivity contribution in [2.24, 2.45) is 4.99 Å². The third kappa shape index (κ3) is 3.39. The molecule has 0 saturated heterocycles. The molecule has 0 fully saturated rings. The molecule has 110 valence electrons. The SMILES string of the molecule is CCOP(=O)(OCC)OC1=Nc2cccc(C)c2NC1. The van der Waals surface area contributed by atoms with Gasteiger partial charge in [-0.15, -0.1) is 0 Å². The van der Waals surface area contributed by atoms with Gasteiger partial charge in [-0.25, -0.2) is 9.56 Å². The van der Waals surface area contributed by atoms with E-state index in [1.54, 1.807) is 13.8 Å². The monoisotopic (exact) mass is 298 g/mol. The molecule has 1 heterocycles. The molecule has 1 aromatic carbocycles.